The van der Waals surface area contributed by atoms with Crippen molar-refractivity contribution in [2.24, 2.45) is 0 Å². The molecule has 0 aliphatic carbocycles. The van der Waals surface area contributed by atoms with Gasteiger partial charge in [-0.1, -0.05) is 0 Å². The van der Waals surface area contributed by atoms with E-state index in [4.69, 9.17) is 4.74 Å². The summed E-state index contributed by atoms with van der Waals surface area (Å²) >= 11 is 0. The number of benzene rings is 1. The normalized spacial score (nSPS) is 27.6. The van der Waals surface area contributed by atoms with Crippen LogP contribution in [-0.2, 0) is 4.74 Å². The SMILES string of the molecule is COC(=O)c1ccc(OC2C[C@H]3CC[C@@H](C2)N3)cc1.Cl. The average Bonchev–Trinajstić information content (AvgIpc) is 2.78. The maximum atomic E-state index is 11.3. The van der Waals surface area contributed by atoms with E-state index in [-0.39, 0.29) is 18.4 Å². The molecule has 2 saturated heterocycles. The first-order valence-corrected chi connectivity index (χ1v) is 6.85. The largest absolute Gasteiger partial charge is 0.490 e. The lowest BCUT2D eigenvalue weighted by Gasteiger charge is -2.29. The van der Waals surface area contributed by atoms with E-state index in [1.165, 1.54) is 20.0 Å². The van der Waals surface area contributed by atoms with Crippen LogP contribution in [0.15, 0.2) is 24.3 Å². The zero-order valence-corrected chi connectivity index (χ0v) is 12.3. The number of methoxy groups -OCH3 is 1. The second kappa shape index (κ2) is 6.46. The van der Waals surface area contributed by atoms with Gasteiger partial charge in [0.25, 0.3) is 0 Å². The van der Waals surface area contributed by atoms with Gasteiger partial charge in [-0.05, 0) is 49.9 Å². The first-order valence-electron chi connectivity index (χ1n) is 6.85. The van der Waals surface area contributed by atoms with E-state index in [0.717, 1.165) is 18.6 Å². The lowest BCUT2D eigenvalue weighted by molar-refractivity contribution is 0.0600. The van der Waals surface area contributed by atoms with Crippen LogP contribution in [0.4, 0.5) is 0 Å². The van der Waals surface area contributed by atoms with Gasteiger partial charge >= 0.3 is 5.97 Å². The Morgan fingerprint density at radius 3 is 2.30 bits per heavy atom. The molecule has 2 heterocycles. The van der Waals surface area contributed by atoms with Crippen molar-refractivity contribution in [3.63, 3.8) is 0 Å². The van der Waals surface area contributed by atoms with Gasteiger partial charge in [-0.3, -0.25) is 0 Å². The highest BCUT2D eigenvalue weighted by Gasteiger charge is 2.34. The molecule has 1 N–H and O–H groups in total. The highest BCUT2D eigenvalue weighted by Crippen LogP contribution is 2.29. The maximum Gasteiger partial charge on any atom is 0.337 e. The van der Waals surface area contributed by atoms with Gasteiger partial charge < -0.3 is 14.8 Å². The van der Waals surface area contributed by atoms with Crippen molar-refractivity contribution in [2.75, 3.05) is 7.11 Å². The minimum Gasteiger partial charge on any atom is -0.490 e. The zero-order chi connectivity index (χ0) is 13.2. The van der Waals surface area contributed by atoms with Crippen LogP contribution in [0.2, 0.25) is 0 Å². The molecule has 5 heteroatoms. The summed E-state index contributed by atoms with van der Waals surface area (Å²) in [5.41, 5.74) is 0.556. The predicted octanol–water partition coefficient (Wildman–Crippen LogP) is 2.56. The van der Waals surface area contributed by atoms with E-state index in [9.17, 15) is 4.79 Å². The molecule has 3 rings (SSSR count). The fourth-order valence-corrected chi connectivity index (χ4v) is 3.08. The summed E-state index contributed by atoms with van der Waals surface area (Å²) < 4.78 is 10.7. The van der Waals surface area contributed by atoms with Crippen molar-refractivity contribution < 1.29 is 14.3 Å². The molecule has 0 amide bonds. The number of esters is 1. The molecule has 1 aromatic carbocycles. The number of carbonyl (C=O) groups excluding carboxylic acids is 1. The molecule has 0 radical (unpaired) electrons. The van der Waals surface area contributed by atoms with Crippen molar-refractivity contribution >= 4 is 18.4 Å². The van der Waals surface area contributed by atoms with Crippen LogP contribution in [0.3, 0.4) is 0 Å². The number of piperidine rings is 1. The van der Waals surface area contributed by atoms with Crippen LogP contribution in [0, 0.1) is 0 Å². The molecular formula is C15H20ClNO3. The van der Waals surface area contributed by atoms with E-state index < -0.39 is 0 Å². The van der Waals surface area contributed by atoms with E-state index in [1.54, 1.807) is 12.1 Å². The number of rotatable bonds is 3. The first kappa shape index (κ1) is 15.1. The molecule has 0 saturated carbocycles. The molecule has 4 nitrogen and oxygen atoms in total. The molecule has 110 valence electrons. The van der Waals surface area contributed by atoms with Crippen molar-refractivity contribution in [2.45, 2.75) is 43.9 Å². The van der Waals surface area contributed by atoms with E-state index in [0.29, 0.717) is 23.8 Å². The number of nitrogens with one attached hydrogen (secondary N) is 1. The summed E-state index contributed by atoms with van der Waals surface area (Å²) in [4.78, 5) is 11.3. The van der Waals surface area contributed by atoms with E-state index >= 15 is 0 Å². The third kappa shape index (κ3) is 3.25. The predicted molar refractivity (Wildman–Crippen MR) is 78.6 cm³/mol. The Kier molecular flexibility index (Phi) is 4.89. The summed E-state index contributed by atoms with van der Waals surface area (Å²) in [6.45, 7) is 0. The Labute approximate surface area is 125 Å². The van der Waals surface area contributed by atoms with Crippen LogP contribution in [-0.4, -0.2) is 31.3 Å². The quantitative estimate of drug-likeness (QED) is 0.871. The lowest BCUT2D eigenvalue weighted by atomic mass is 10.0. The van der Waals surface area contributed by atoms with Gasteiger partial charge in [-0.25, -0.2) is 4.79 Å². The molecule has 20 heavy (non-hydrogen) atoms. The second-order valence-electron chi connectivity index (χ2n) is 5.37. The first-order chi connectivity index (χ1) is 9.24. The highest BCUT2D eigenvalue weighted by atomic mass is 35.5. The van der Waals surface area contributed by atoms with E-state index in [1.807, 2.05) is 12.1 Å². The average molecular weight is 298 g/mol. The van der Waals surface area contributed by atoms with Crippen molar-refractivity contribution in [3.05, 3.63) is 29.8 Å². The van der Waals surface area contributed by atoms with Crippen molar-refractivity contribution in [1.82, 2.24) is 5.32 Å². The van der Waals surface area contributed by atoms with Crippen molar-refractivity contribution in [3.8, 4) is 5.75 Å². The molecule has 2 fully saturated rings. The topological polar surface area (TPSA) is 47.6 Å². The molecule has 2 aliphatic heterocycles. The fourth-order valence-electron chi connectivity index (χ4n) is 3.08. The Bertz CT molecular complexity index is 451. The molecule has 0 aromatic heterocycles. The van der Waals surface area contributed by atoms with Crippen LogP contribution in [0.5, 0.6) is 5.75 Å². The smallest absolute Gasteiger partial charge is 0.337 e. The van der Waals surface area contributed by atoms with Gasteiger partial charge in [0.1, 0.15) is 11.9 Å². The molecule has 3 atom stereocenters. The third-order valence-electron chi connectivity index (χ3n) is 4.01. The number of carbonyl (C=O) groups is 1. The Morgan fingerprint density at radius 1 is 1.15 bits per heavy atom. The lowest BCUT2D eigenvalue weighted by Crippen LogP contribution is -2.42. The number of hydrogen-bond acceptors (Lipinski definition) is 4. The standard InChI is InChI=1S/C15H19NO3.ClH/c1-18-15(17)10-2-6-13(7-3-10)19-14-8-11-4-5-12(9-14)16-11;/h2-3,6-7,11-12,14,16H,4-5,8-9H2,1H3;1H/t11-,12+,14?;. The number of hydrogen-bond donors (Lipinski definition) is 1. The Balaban J connectivity index is 0.00000147. The third-order valence-corrected chi connectivity index (χ3v) is 4.01. The maximum absolute atomic E-state index is 11.3. The minimum absolute atomic E-state index is 0. The summed E-state index contributed by atoms with van der Waals surface area (Å²) in [6, 6.07) is 8.43. The van der Waals surface area contributed by atoms with Gasteiger partial charge in [0.05, 0.1) is 12.7 Å². The zero-order valence-electron chi connectivity index (χ0n) is 11.5. The molecule has 0 spiro atoms. The van der Waals surface area contributed by atoms with Gasteiger partial charge in [0.2, 0.25) is 0 Å². The summed E-state index contributed by atoms with van der Waals surface area (Å²) in [5, 5.41) is 3.60. The monoisotopic (exact) mass is 297 g/mol. The van der Waals surface area contributed by atoms with Crippen molar-refractivity contribution in [1.29, 1.82) is 0 Å². The van der Waals surface area contributed by atoms with Crippen LogP contribution >= 0.6 is 12.4 Å². The second-order valence-corrected chi connectivity index (χ2v) is 5.37. The number of fused-ring (bicyclic) bond motifs is 2. The van der Waals surface area contributed by atoms with Gasteiger partial charge in [0, 0.05) is 12.1 Å². The summed E-state index contributed by atoms with van der Waals surface area (Å²) in [5.74, 6) is 0.519. The summed E-state index contributed by atoms with van der Waals surface area (Å²) in [7, 11) is 1.39. The van der Waals surface area contributed by atoms with Crippen LogP contribution < -0.4 is 10.1 Å². The van der Waals surface area contributed by atoms with E-state index in [2.05, 4.69) is 10.1 Å². The highest BCUT2D eigenvalue weighted by molar-refractivity contribution is 5.89. The molecule has 2 aliphatic rings. The summed E-state index contributed by atoms with van der Waals surface area (Å²) in [6.07, 6.45) is 4.99. The minimum atomic E-state index is -0.313. The van der Waals surface area contributed by atoms with Gasteiger partial charge in [0.15, 0.2) is 0 Å². The Morgan fingerprint density at radius 2 is 1.75 bits per heavy atom. The molecule has 1 aromatic rings. The molecular weight excluding hydrogens is 278 g/mol. The fraction of sp³-hybridized carbons (Fsp3) is 0.533. The van der Waals surface area contributed by atoms with Gasteiger partial charge in [-0.15, -0.1) is 12.4 Å². The molecule has 1 unspecified atom stereocenters. The Hall–Kier alpha value is -1.26. The number of halogens is 1. The van der Waals surface area contributed by atoms with Crippen LogP contribution in [0.25, 0.3) is 0 Å². The van der Waals surface area contributed by atoms with Gasteiger partial charge in [-0.2, -0.15) is 0 Å². The number of ether oxygens (including phenoxy) is 2. The van der Waals surface area contributed by atoms with Crippen LogP contribution in [0.1, 0.15) is 36.0 Å². The molecule has 2 bridgehead atoms.